The Kier molecular flexibility index (Phi) is 2.88. The van der Waals surface area contributed by atoms with E-state index in [0.29, 0.717) is 6.54 Å². The lowest BCUT2D eigenvalue weighted by Gasteiger charge is -2.36. The highest BCUT2D eigenvalue weighted by Crippen LogP contribution is 2.38. The summed E-state index contributed by atoms with van der Waals surface area (Å²) in [4.78, 5) is 3.42. The van der Waals surface area contributed by atoms with Gasteiger partial charge >= 0.3 is 0 Å². The Hall–Kier alpha value is -1.32. The summed E-state index contributed by atoms with van der Waals surface area (Å²) in [5.41, 5.74) is 10.1. The molecule has 0 unspecified atom stereocenters. The third-order valence-electron chi connectivity index (χ3n) is 4.34. The second-order valence-corrected chi connectivity index (χ2v) is 5.30. The first kappa shape index (κ1) is 11.8. The van der Waals surface area contributed by atoms with Gasteiger partial charge in [-0.3, -0.25) is 0 Å². The summed E-state index contributed by atoms with van der Waals surface area (Å²) in [5.74, 6) is 0. The van der Waals surface area contributed by atoms with Crippen LogP contribution in [0.1, 0.15) is 24.0 Å². The molecule has 0 radical (unpaired) electrons. The smallest absolute Gasteiger partial charge is 0.0486 e. The number of hydrogen-bond acceptors (Lipinski definition) is 2. The van der Waals surface area contributed by atoms with Gasteiger partial charge in [-0.1, -0.05) is 18.2 Å². The summed E-state index contributed by atoms with van der Waals surface area (Å²) in [5, 5.41) is 1.32. The summed E-state index contributed by atoms with van der Waals surface area (Å²) in [6.07, 6.45) is 4.19. The molecule has 1 aromatic carbocycles. The lowest BCUT2D eigenvalue weighted by atomic mass is 9.74. The van der Waals surface area contributed by atoms with Crippen molar-refractivity contribution in [3.8, 4) is 0 Å². The van der Waals surface area contributed by atoms with Gasteiger partial charge in [0.25, 0.3) is 0 Å². The van der Waals surface area contributed by atoms with E-state index in [0.717, 1.165) is 26.1 Å². The predicted molar refractivity (Wildman–Crippen MR) is 73.8 cm³/mol. The second kappa shape index (κ2) is 4.41. The van der Waals surface area contributed by atoms with Crippen LogP contribution in [0.25, 0.3) is 10.9 Å². The minimum absolute atomic E-state index is 0.0876. The van der Waals surface area contributed by atoms with Gasteiger partial charge in [0.1, 0.15) is 0 Å². The number of H-pyrrole nitrogens is 1. The van der Waals surface area contributed by atoms with E-state index in [-0.39, 0.29) is 5.41 Å². The summed E-state index contributed by atoms with van der Waals surface area (Å²) in [7, 11) is 0. The Morgan fingerprint density at radius 3 is 2.83 bits per heavy atom. The maximum Gasteiger partial charge on any atom is 0.0486 e. The van der Waals surface area contributed by atoms with Crippen molar-refractivity contribution in [2.24, 2.45) is 5.73 Å². The molecule has 0 spiro atoms. The Bertz CT molecular complexity index is 553. The zero-order chi connectivity index (χ0) is 12.6. The Balaban J connectivity index is 2.15. The minimum atomic E-state index is 0.0876. The van der Waals surface area contributed by atoms with E-state index in [2.05, 4.69) is 36.3 Å². The molecule has 3 rings (SSSR count). The fraction of sp³-hybridized carbons (Fsp3) is 0.467. The van der Waals surface area contributed by atoms with Gasteiger partial charge in [-0.25, -0.2) is 0 Å². The van der Waals surface area contributed by atoms with E-state index < -0.39 is 0 Å². The molecule has 96 valence electrons. The number of hydrogen-bond donors (Lipinski definition) is 2. The van der Waals surface area contributed by atoms with Gasteiger partial charge in [0.15, 0.2) is 0 Å². The average Bonchev–Trinajstić information content (AvgIpc) is 2.85. The van der Waals surface area contributed by atoms with E-state index >= 15 is 0 Å². The van der Waals surface area contributed by atoms with Gasteiger partial charge in [-0.05, 0) is 30.9 Å². The first-order valence-corrected chi connectivity index (χ1v) is 6.62. The third kappa shape index (κ3) is 1.66. The number of aromatic amines is 1. The van der Waals surface area contributed by atoms with E-state index in [1.165, 1.54) is 22.0 Å². The molecule has 2 heterocycles. The Morgan fingerprint density at radius 1 is 1.33 bits per heavy atom. The van der Waals surface area contributed by atoms with Crippen molar-refractivity contribution in [2.45, 2.75) is 25.2 Å². The standard InChI is InChI=1S/C15H20N2O/c1-11-3-2-4-12-13(9-17-14(11)12)15(10-16)5-7-18-8-6-15/h2-4,9,17H,5-8,10,16H2,1H3. The number of aromatic nitrogens is 1. The minimum Gasteiger partial charge on any atom is -0.381 e. The number of rotatable bonds is 2. The highest BCUT2D eigenvalue weighted by molar-refractivity contribution is 5.87. The van der Waals surface area contributed by atoms with E-state index in [9.17, 15) is 0 Å². The molecule has 0 atom stereocenters. The highest BCUT2D eigenvalue weighted by atomic mass is 16.5. The summed E-state index contributed by atoms with van der Waals surface area (Å²) < 4.78 is 5.49. The number of para-hydroxylation sites is 1. The number of benzene rings is 1. The first-order chi connectivity index (χ1) is 8.77. The molecular weight excluding hydrogens is 224 g/mol. The zero-order valence-electron chi connectivity index (χ0n) is 10.8. The largest absolute Gasteiger partial charge is 0.381 e. The molecule has 1 aromatic heterocycles. The summed E-state index contributed by atoms with van der Waals surface area (Å²) >= 11 is 0. The zero-order valence-corrected chi connectivity index (χ0v) is 10.8. The molecule has 3 heteroatoms. The van der Waals surface area contributed by atoms with Crippen molar-refractivity contribution in [3.63, 3.8) is 0 Å². The van der Waals surface area contributed by atoms with E-state index in [1.54, 1.807) is 0 Å². The number of ether oxygens (including phenoxy) is 1. The second-order valence-electron chi connectivity index (χ2n) is 5.30. The third-order valence-corrected chi connectivity index (χ3v) is 4.34. The predicted octanol–water partition coefficient (Wildman–Crippen LogP) is 2.48. The van der Waals surface area contributed by atoms with Gasteiger partial charge in [-0.15, -0.1) is 0 Å². The van der Waals surface area contributed by atoms with Gasteiger partial charge < -0.3 is 15.5 Å². The summed E-state index contributed by atoms with van der Waals surface area (Å²) in [6.45, 7) is 4.46. The van der Waals surface area contributed by atoms with Crippen LogP contribution in [0.3, 0.4) is 0 Å². The monoisotopic (exact) mass is 244 g/mol. The molecule has 0 saturated carbocycles. The SMILES string of the molecule is Cc1cccc2c(C3(CN)CCOCC3)c[nH]c12. The van der Waals surface area contributed by atoms with Crippen LogP contribution in [-0.2, 0) is 10.2 Å². The Labute approximate surface area is 107 Å². The molecule has 1 fully saturated rings. The summed E-state index contributed by atoms with van der Waals surface area (Å²) in [6, 6.07) is 6.46. The molecule has 1 aliphatic rings. The molecule has 0 bridgehead atoms. The van der Waals surface area contributed by atoms with Crippen molar-refractivity contribution < 1.29 is 4.74 Å². The highest BCUT2D eigenvalue weighted by Gasteiger charge is 2.35. The van der Waals surface area contributed by atoms with Crippen LogP contribution in [0, 0.1) is 6.92 Å². The van der Waals surface area contributed by atoms with Crippen LogP contribution >= 0.6 is 0 Å². The number of aryl methyl sites for hydroxylation is 1. The van der Waals surface area contributed by atoms with Crippen LogP contribution in [0.15, 0.2) is 24.4 Å². The van der Waals surface area contributed by atoms with Gasteiger partial charge in [0.2, 0.25) is 0 Å². The topological polar surface area (TPSA) is 51.0 Å². The lowest BCUT2D eigenvalue weighted by molar-refractivity contribution is 0.0534. The number of nitrogens with two attached hydrogens (primary N) is 1. The molecule has 1 saturated heterocycles. The van der Waals surface area contributed by atoms with Crippen molar-refractivity contribution >= 4 is 10.9 Å². The van der Waals surface area contributed by atoms with Crippen LogP contribution in [0.5, 0.6) is 0 Å². The number of nitrogens with one attached hydrogen (secondary N) is 1. The quantitative estimate of drug-likeness (QED) is 0.852. The normalized spacial score (nSPS) is 19.2. The van der Waals surface area contributed by atoms with Crippen molar-refractivity contribution in [2.75, 3.05) is 19.8 Å². The molecule has 1 aliphatic heterocycles. The van der Waals surface area contributed by atoms with Gasteiger partial charge in [-0.2, -0.15) is 0 Å². The van der Waals surface area contributed by atoms with Crippen molar-refractivity contribution in [1.82, 2.24) is 4.98 Å². The lowest BCUT2D eigenvalue weighted by Crippen LogP contribution is -2.40. The van der Waals surface area contributed by atoms with Crippen LogP contribution in [-0.4, -0.2) is 24.7 Å². The van der Waals surface area contributed by atoms with Crippen molar-refractivity contribution in [1.29, 1.82) is 0 Å². The fourth-order valence-corrected chi connectivity index (χ4v) is 3.09. The first-order valence-electron chi connectivity index (χ1n) is 6.62. The van der Waals surface area contributed by atoms with Gasteiger partial charge in [0, 0.05) is 42.3 Å². The van der Waals surface area contributed by atoms with Crippen LogP contribution in [0.4, 0.5) is 0 Å². The Morgan fingerprint density at radius 2 is 2.11 bits per heavy atom. The molecule has 0 amide bonds. The van der Waals surface area contributed by atoms with Crippen molar-refractivity contribution in [3.05, 3.63) is 35.5 Å². The molecule has 3 N–H and O–H groups in total. The van der Waals surface area contributed by atoms with E-state index in [1.807, 2.05) is 0 Å². The molecular formula is C15H20N2O. The number of fused-ring (bicyclic) bond motifs is 1. The van der Waals surface area contributed by atoms with Crippen LogP contribution in [0.2, 0.25) is 0 Å². The average molecular weight is 244 g/mol. The molecule has 3 nitrogen and oxygen atoms in total. The van der Waals surface area contributed by atoms with E-state index in [4.69, 9.17) is 10.5 Å². The maximum atomic E-state index is 6.09. The van der Waals surface area contributed by atoms with Gasteiger partial charge in [0.05, 0.1) is 0 Å². The van der Waals surface area contributed by atoms with Crippen LogP contribution < -0.4 is 5.73 Å². The molecule has 2 aromatic rings. The molecule has 18 heavy (non-hydrogen) atoms. The fourth-order valence-electron chi connectivity index (χ4n) is 3.09. The molecule has 0 aliphatic carbocycles. The maximum absolute atomic E-state index is 6.09.